The summed E-state index contributed by atoms with van der Waals surface area (Å²) in [5.74, 6) is 0.0626. The smallest absolute Gasteiger partial charge is 0.228 e. The van der Waals surface area contributed by atoms with E-state index in [1.165, 1.54) is 0 Å². The van der Waals surface area contributed by atoms with Crippen molar-refractivity contribution in [1.82, 2.24) is 5.32 Å². The second kappa shape index (κ2) is 7.61. The zero-order chi connectivity index (χ0) is 17.0. The summed E-state index contributed by atoms with van der Waals surface area (Å²) in [6.45, 7) is 3.92. The van der Waals surface area contributed by atoms with Gasteiger partial charge in [-0.2, -0.15) is 0 Å². The molecular formula is C17H19Cl3N2O. The van der Waals surface area contributed by atoms with Gasteiger partial charge in [0.2, 0.25) is 9.70 Å². The van der Waals surface area contributed by atoms with Gasteiger partial charge in [-0.1, -0.05) is 85.0 Å². The maximum atomic E-state index is 12.0. The standard InChI is InChI=1S/C17H19Cl3N2O/c1-11(2)10-15(23)22-16(17(18,19)20)21-14-9-5-7-12-6-3-4-8-13(12)14/h3-9,11,16,21H,10H2,1-2H3,(H,22,23)/t16-/m0/s1. The highest BCUT2D eigenvalue weighted by Gasteiger charge is 2.34. The number of halogens is 3. The van der Waals surface area contributed by atoms with Gasteiger partial charge < -0.3 is 10.6 Å². The van der Waals surface area contributed by atoms with Gasteiger partial charge in [0.15, 0.2) is 0 Å². The molecule has 0 aliphatic carbocycles. The van der Waals surface area contributed by atoms with Crippen LogP contribution in [0.3, 0.4) is 0 Å². The topological polar surface area (TPSA) is 41.1 Å². The van der Waals surface area contributed by atoms with Gasteiger partial charge in [-0.05, 0) is 17.4 Å². The number of carbonyl (C=O) groups excluding carboxylic acids is 1. The second-order valence-electron chi connectivity index (χ2n) is 5.81. The minimum Gasteiger partial charge on any atom is -0.361 e. The Labute approximate surface area is 151 Å². The van der Waals surface area contributed by atoms with E-state index in [1.54, 1.807) is 0 Å². The molecule has 2 rings (SSSR count). The van der Waals surface area contributed by atoms with Crippen LogP contribution in [-0.4, -0.2) is 15.9 Å². The third-order valence-electron chi connectivity index (χ3n) is 3.32. The highest BCUT2D eigenvalue weighted by molar-refractivity contribution is 6.68. The summed E-state index contributed by atoms with van der Waals surface area (Å²) in [4.78, 5) is 12.0. The number of alkyl halides is 3. The molecule has 6 heteroatoms. The van der Waals surface area contributed by atoms with Crippen molar-refractivity contribution in [3.05, 3.63) is 42.5 Å². The van der Waals surface area contributed by atoms with E-state index < -0.39 is 9.96 Å². The van der Waals surface area contributed by atoms with Crippen LogP contribution < -0.4 is 10.6 Å². The second-order valence-corrected chi connectivity index (χ2v) is 8.18. The van der Waals surface area contributed by atoms with E-state index in [2.05, 4.69) is 10.6 Å². The lowest BCUT2D eigenvalue weighted by atomic mass is 10.1. The number of anilines is 1. The van der Waals surface area contributed by atoms with Gasteiger partial charge in [-0.25, -0.2) is 0 Å². The molecule has 0 saturated heterocycles. The van der Waals surface area contributed by atoms with Crippen LogP contribution in [0.5, 0.6) is 0 Å². The summed E-state index contributed by atoms with van der Waals surface area (Å²) in [7, 11) is 0. The molecule has 0 bridgehead atoms. The molecule has 124 valence electrons. The van der Waals surface area contributed by atoms with Gasteiger partial charge in [0.1, 0.15) is 6.17 Å². The fourth-order valence-corrected chi connectivity index (χ4v) is 2.62. The third-order valence-corrected chi connectivity index (χ3v) is 3.97. The van der Waals surface area contributed by atoms with Crippen molar-refractivity contribution in [3.63, 3.8) is 0 Å². The highest BCUT2D eigenvalue weighted by Crippen LogP contribution is 2.33. The van der Waals surface area contributed by atoms with E-state index in [1.807, 2.05) is 56.3 Å². The van der Waals surface area contributed by atoms with Gasteiger partial charge in [-0.15, -0.1) is 0 Å². The fourth-order valence-electron chi connectivity index (χ4n) is 2.30. The van der Waals surface area contributed by atoms with Crippen LogP contribution in [-0.2, 0) is 4.79 Å². The molecule has 2 N–H and O–H groups in total. The predicted octanol–water partition coefficient (Wildman–Crippen LogP) is 5.11. The molecule has 0 unspecified atom stereocenters. The van der Waals surface area contributed by atoms with Crippen LogP contribution in [0.2, 0.25) is 0 Å². The van der Waals surface area contributed by atoms with E-state index in [-0.39, 0.29) is 11.8 Å². The molecule has 0 saturated carbocycles. The molecule has 3 nitrogen and oxygen atoms in total. The molecule has 1 atom stereocenters. The zero-order valence-corrected chi connectivity index (χ0v) is 15.2. The molecule has 0 aliphatic heterocycles. The van der Waals surface area contributed by atoms with E-state index in [4.69, 9.17) is 34.8 Å². The van der Waals surface area contributed by atoms with Gasteiger partial charge in [-0.3, -0.25) is 4.79 Å². The Hall–Kier alpha value is -1.16. The summed E-state index contributed by atoms with van der Waals surface area (Å²) in [6, 6.07) is 13.7. The number of fused-ring (bicyclic) bond motifs is 1. The average molecular weight is 374 g/mol. The van der Waals surface area contributed by atoms with Crippen LogP contribution in [0.15, 0.2) is 42.5 Å². The van der Waals surface area contributed by atoms with Crippen molar-refractivity contribution < 1.29 is 4.79 Å². The summed E-state index contributed by atoms with van der Waals surface area (Å²) in [5.41, 5.74) is 0.796. The molecule has 0 radical (unpaired) electrons. The minimum atomic E-state index is -1.68. The van der Waals surface area contributed by atoms with Crippen molar-refractivity contribution in [2.75, 3.05) is 5.32 Å². The zero-order valence-electron chi connectivity index (χ0n) is 12.9. The minimum absolute atomic E-state index is 0.163. The van der Waals surface area contributed by atoms with Crippen molar-refractivity contribution in [3.8, 4) is 0 Å². The Morgan fingerprint density at radius 2 is 1.74 bits per heavy atom. The first-order valence-electron chi connectivity index (χ1n) is 7.37. The number of nitrogens with one attached hydrogen (secondary N) is 2. The molecule has 0 heterocycles. The Morgan fingerprint density at radius 3 is 2.39 bits per heavy atom. The van der Waals surface area contributed by atoms with Crippen LogP contribution in [0.25, 0.3) is 10.8 Å². The Balaban J connectivity index is 2.25. The fraction of sp³-hybridized carbons (Fsp3) is 0.353. The van der Waals surface area contributed by atoms with Crippen molar-refractivity contribution in [2.45, 2.75) is 30.2 Å². The summed E-state index contributed by atoms with van der Waals surface area (Å²) >= 11 is 18.1. The monoisotopic (exact) mass is 372 g/mol. The first-order chi connectivity index (χ1) is 10.8. The molecule has 1 amide bonds. The van der Waals surface area contributed by atoms with Gasteiger partial charge >= 0.3 is 0 Å². The van der Waals surface area contributed by atoms with Crippen molar-refractivity contribution in [2.24, 2.45) is 5.92 Å². The number of carbonyl (C=O) groups is 1. The van der Waals surface area contributed by atoms with Crippen molar-refractivity contribution >= 4 is 57.2 Å². The normalized spacial score (nSPS) is 13.1. The third kappa shape index (κ3) is 5.17. The lowest BCUT2D eigenvalue weighted by Gasteiger charge is -2.28. The maximum absolute atomic E-state index is 12.0. The Bertz CT molecular complexity index is 678. The Kier molecular flexibility index (Phi) is 6.01. The SMILES string of the molecule is CC(C)CC(=O)N[C@H](Nc1cccc2ccccc12)C(Cl)(Cl)Cl. The van der Waals surface area contributed by atoms with E-state index in [9.17, 15) is 4.79 Å². The van der Waals surface area contributed by atoms with Gasteiger partial charge in [0.25, 0.3) is 0 Å². The number of hydrogen-bond donors (Lipinski definition) is 2. The Morgan fingerprint density at radius 1 is 1.09 bits per heavy atom. The molecule has 0 aliphatic rings. The molecular weight excluding hydrogens is 355 g/mol. The number of hydrogen-bond acceptors (Lipinski definition) is 2. The predicted molar refractivity (Wildman–Crippen MR) is 99.2 cm³/mol. The maximum Gasteiger partial charge on any atom is 0.228 e. The van der Waals surface area contributed by atoms with Crippen molar-refractivity contribution in [1.29, 1.82) is 0 Å². The first-order valence-corrected chi connectivity index (χ1v) is 8.51. The summed E-state index contributed by atoms with van der Waals surface area (Å²) < 4.78 is -1.68. The lowest BCUT2D eigenvalue weighted by Crippen LogP contribution is -2.49. The molecule has 0 aromatic heterocycles. The quantitative estimate of drug-likeness (QED) is 0.565. The first kappa shape index (κ1) is 18.2. The van der Waals surface area contributed by atoms with Crippen LogP contribution in [0.4, 0.5) is 5.69 Å². The van der Waals surface area contributed by atoms with Gasteiger partial charge in [0, 0.05) is 17.5 Å². The molecule has 0 spiro atoms. The number of amides is 1. The molecule has 23 heavy (non-hydrogen) atoms. The summed E-state index contributed by atoms with van der Waals surface area (Å²) in [6.07, 6.45) is -0.460. The number of benzene rings is 2. The largest absolute Gasteiger partial charge is 0.361 e. The van der Waals surface area contributed by atoms with Crippen LogP contribution >= 0.6 is 34.8 Å². The molecule has 2 aromatic carbocycles. The van der Waals surface area contributed by atoms with Crippen LogP contribution in [0, 0.1) is 5.92 Å². The number of rotatable bonds is 5. The molecule has 0 fully saturated rings. The van der Waals surface area contributed by atoms with Crippen LogP contribution in [0.1, 0.15) is 20.3 Å². The van der Waals surface area contributed by atoms with E-state index in [0.29, 0.717) is 6.42 Å². The van der Waals surface area contributed by atoms with E-state index in [0.717, 1.165) is 16.5 Å². The highest BCUT2D eigenvalue weighted by atomic mass is 35.6. The van der Waals surface area contributed by atoms with E-state index >= 15 is 0 Å². The van der Waals surface area contributed by atoms with Gasteiger partial charge in [0.05, 0.1) is 0 Å². The molecule has 2 aromatic rings. The average Bonchev–Trinajstić information content (AvgIpc) is 2.45. The summed E-state index contributed by atoms with van der Waals surface area (Å²) in [5, 5.41) is 7.95. The lowest BCUT2D eigenvalue weighted by molar-refractivity contribution is -0.122.